The number of carbonyl (C=O) groups excluding carboxylic acids is 2. The van der Waals surface area contributed by atoms with Crippen LogP contribution in [-0.2, 0) is 32.4 Å². The molecule has 2 aromatic rings. The van der Waals surface area contributed by atoms with Gasteiger partial charge in [-0.1, -0.05) is 11.4 Å². The van der Waals surface area contributed by atoms with Crippen LogP contribution in [0.3, 0.4) is 0 Å². The number of aromatic nitrogens is 2. The Morgan fingerprint density at radius 3 is 2.59 bits per heavy atom. The molecule has 0 radical (unpaired) electrons. The summed E-state index contributed by atoms with van der Waals surface area (Å²) < 4.78 is 26.3. The third kappa shape index (κ3) is 5.94. The molecule has 1 saturated heterocycles. The van der Waals surface area contributed by atoms with E-state index in [1.54, 1.807) is 35.9 Å². The van der Waals surface area contributed by atoms with E-state index >= 15 is 0 Å². The summed E-state index contributed by atoms with van der Waals surface area (Å²) in [7, 11) is 1.85. The van der Waals surface area contributed by atoms with E-state index in [4.69, 9.17) is 15.2 Å². The van der Waals surface area contributed by atoms with Crippen molar-refractivity contribution >= 4 is 29.5 Å². The zero-order chi connectivity index (χ0) is 23.2. The van der Waals surface area contributed by atoms with Gasteiger partial charge in [0.1, 0.15) is 17.5 Å². The van der Waals surface area contributed by atoms with Crippen molar-refractivity contribution in [2.24, 2.45) is 12.8 Å². The van der Waals surface area contributed by atoms with Gasteiger partial charge in [0.2, 0.25) is 11.8 Å². The fourth-order valence-corrected chi connectivity index (χ4v) is 8.74. The number of ether oxygens (including phenoxy) is 2. The molecule has 1 aromatic carbocycles. The average Bonchev–Trinajstić information content (AvgIpc) is 3.16. The van der Waals surface area contributed by atoms with Crippen molar-refractivity contribution in [3.63, 3.8) is 0 Å². The quantitative estimate of drug-likeness (QED) is 0.394. The molecule has 0 spiro atoms. The van der Waals surface area contributed by atoms with Crippen molar-refractivity contribution in [3.8, 4) is 5.75 Å². The zero-order valence-corrected chi connectivity index (χ0v) is 20.0. The Bertz CT molecular complexity index is 988. The van der Waals surface area contributed by atoms with Gasteiger partial charge in [0.25, 0.3) is 0 Å². The number of nitrogens with one attached hydrogen (secondary N) is 1. The number of nitrogens with zero attached hydrogens (tertiary/aromatic N) is 2. The fourth-order valence-electron chi connectivity index (χ4n) is 3.59. The standard InChI is InChI=1S/C21H29N4O5PS/c1-25-14-16(24-15-25)13-19(26)23-9-12-30-17-3-5-18(6-4-17)32-31(2,28)21(20(22)27)7-10-29-11-8-21/h3-6,14-15H,7-13H2,1-2H3,(H2,22,27)(H,23,26). The van der Waals surface area contributed by atoms with Crippen molar-refractivity contribution in [1.29, 1.82) is 0 Å². The van der Waals surface area contributed by atoms with Crippen molar-refractivity contribution in [2.75, 3.05) is 33.0 Å². The first-order valence-electron chi connectivity index (χ1n) is 10.3. The molecule has 1 unspecified atom stereocenters. The number of hydrogen-bond acceptors (Lipinski definition) is 7. The topological polar surface area (TPSA) is 126 Å². The third-order valence-electron chi connectivity index (χ3n) is 5.45. The van der Waals surface area contributed by atoms with E-state index < -0.39 is 17.4 Å². The lowest BCUT2D eigenvalue weighted by atomic mass is 9.98. The number of rotatable bonds is 10. The number of carbonyl (C=O) groups is 2. The average molecular weight is 481 g/mol. The molecule has 2 amide bonds. The lowest BCUT2D eigenvalue weighted by molar-refractivity contribution is -0.123. The summed E-state index contributed by atoms with van der Waals surface area (Å²) in [6.45, 7) is 3.08. The van der Waals surface area contributed by atoms with Gasteiger partial charge in [-0.05, 0) is 43.8 Å². The first kappa shape index (κ1) is 24.4. The van der Waals surface area contributed by atoms with Crippen LogP contribution in [0.4, 0.5) is 0 Å². The number of nitrogens with two attached hydrogens (primary N) is 1. The summed E-state index contributed by atoms with van der Waals surface area (Å²) in [5.74, 6) is -0.00615. The Morgan fingerprint density at radius 1 is 1.31 bits per heavy atom. The van der Waals surface area contributed by atoms with E-state index in [1.807, 2.05) is 19.2 Å². The summed E-state index contributed by atoms with van der Waals surface area (Å²) in [5, 5.41) is 1.75. The molecular formula is C21H29N4O5PS. The molecule has 1 atom stereocenters. The maximum atomic E-state index is 13.5. The molecule has 1 fully saturated rings. The van der Waals surface area contributed by atoms with Gasteiger partial charge in [0.15, 0.2) is 6.34 Å². The van der Waals surface area contributed by atoms with Gasteiger partial charge < -0.3 is 29.7 Å². The Hall–Kier alpha value is -2.29. The number of benzene rings is 1. The summed E-state index contributed by atoms with van der Waals surface area (Å²) >= 11 is 1.20. The monoisotopic (exact) mass is 480 g/mol. The van der Waals surface area contributed by atoms with Crippen LogP contribution < -0.4 is 15.8 Å². The molecule has 3 N–H and O–H groups in total. The first-order chi connectivity index (χ1) is 15.2. The van der Waals surface area contributed by atoms with Crippen molar-refractivity contribution in [2.45, 2.75) is 29.3 Å². The molecule has 174 valence electrons. The number of hydrogen-bond donors (Lipinski definition) is 2. The molecule has 1 aromatic heterocycles. The van der Waals surface area contributed by atoms with Crippen LogP contribution >= 0.6 is 17.7 Å². The zero-order valence-electron chi connectivity index (χ0n) is 18.3. The minimum atomic E-state index is -2.99. The second kappa shape index (κ2) is 10.6. The Kier molecular flexibility index (Phi) is 8.03. The minimum absolute atomic E-state index is 0.116. The van der Waals surface area contributed by atoms with E-state index in [-0.39, 0.29) is 12.3 Å². The second-order valence-electron chi connectivity index (χ2n) is 7.82. The van der Waals surface area contributed by atoms with Crippen LogP contribution in [0, 0.1) is 0 Å². The molecule has 1 aliphatic heterocycles. The maximum Gasteiger partial charge on any atom is 0.232 e. The fraction of sp³-hybridized carbons (Fsp3) is 0.476. The number of aryl methyl sites for hydroxylation is 1. The number of primary amides is 1. The van der Waals surface area contributed by atoms with Gasteiger partial charge in [0.05, 0.1) is 25.0 Å². The molecule has 3 rings (SSSR count). The van der Waals surface area contributed by atoms with Crippen LogP contribution in [0.1, 0.15) is 18.5 Å². The summed E-state index contributed by atoms with van der Waals surface area (Å²) in [4.78, 5) is 29.0. The third-order valence-corrected chi connectivity index (χ3v) is 11.2. The molecular weight excluding hydrogens is 451 g/mol. The molecule has 0 saturated carbocycles. The molecule has 11 heteroatoms. The van der Waals surface area contributed by atoms with Crippen LogP contribution in [0.2, 0.25) is 0 Å². The summed E-state index contributed by atoms with van der Waals surface area (Å²) in [6.07, 6.45) is 1.44. The molecule has 1 aliphatic rings. The van der Waals surface area contributed by atoms with Crippen LogP contribution in [0.5, 0.6) is 5.75 Å². The largest absolute Gasteiger partial charge is 0.492 e. The van der Waals surface area contributed by atoms with Gasteiger partial charge in [0, 0.05) is 31.4 Å². The molecule has 0 aliphatic carbocycles. The van der Waals surface area contributed by atoms with Crippen molar-refractivity contribution < 1.29 is 23.6 Å². The second-order valence-corrected chi connectivity index (χ2v) is 13.7. The van der Waals surface area contributed by atoms with E-state index in [2.05, 4.69) is 10.3 Å². The highest BCUT2D eigenvalue weighted by Crippen LogP contribution is 2.70. The highest BCUT2D eigenvalue weighted by molar-refractivity contribution is 8.58. The normalized spacial score (nSPS) is 17.3. The molecule has 9 nitrogen and oxygen atoms in total. The van der Waals surface area contributed by atoms with E-state index in [0.29, 0.717) is 50.7 Å². The van der Waals surface area contributed by atoms with E-state index in [1.165, 1.54) is 11.4 Å². The first-order valence-corrected chi connectivity index (χ1v) is 13.9. The predicted octanol–water partition coefficient (Wildman–Crippen LogP) is 2.19. The Morgan fingerprint density at radius 2 is 2.00 bits per heavy atom. The van der Waals surface area contributed by atoms with Gasteiger partial charge >= 0.3 is 0 Å². The van der Waals surface area contributed by atoms with Crippen LogP contribution in [0.25, 0.3) is 0 Å². The van der Waals surface area contributed by atoms with Crippen LogP contribution in [-0.4, -0.2) is 59.6 Å². The molecule has 32 heavy (non-hydrogen) atoms. The highest BCUT2D eigenvalue weighted by atomic mass is 32.7. The van der Waals surface area contributed by atoms with Gasteiger partial charge in [-0.3, -0.25) is 9.59 Å². The van der Waals surface area contributed by atoms with Crippen LogP contribution in [0.15, 0.2) is 41.7 Å². The van der Waals surface area contributed by atoms with Gasteiger partial charge in [-0.15, -0.1) is 0 Å². The number of amides is 2. The lowest BCUT2D eigenvalue weighted by Gasteiger charge is -2.38. The molecule has 0 bridgehead atoms. The minimum Gasteiger partial charge on any atom is -0.492 e. The van der Waals surface area contributed by atoms with Crippen molar-refractivity contribution in [1.82, 2.24) is 14.9 Å². The SMILES string of the molecule is Cn1cnc(CC(=O)NCCOc2ccc(SP(C)(=O)C3(C(N)=O)CCOCC3)cc2)c1. The Labute approximate surface area is 191 Å². The van der Waals surface area contributed by atoms with Crippen molar-refractivity contribution in [3.05, 3.63) is 42.5 Å². The highest BCUT2D eigenvalue weighted by Gasteiger charge is 2.51. The summed E-state index contributed by atoms with van der Waals surface area (Å²) in [5.41, 5.74) is 6.38. The predicted molar refractivity (Wildman–Crippen MR) is 123 cm³/mol. The van der Waals surface area contributed by atoms with Gasteiger partial charge in [-0.25, -0.2) is 4.98 Å². The van der Waals surface area contributed by atoms with E-state index in [9.17, 15) is 14.2 Å². The summed E-state index contributed by atoms with van der Waals surface area (Å²) in [6, 6.07) is 7.17. The van der Waals surface area contributed by atoms with E-state index in [0.717, 1.165) is 4.90 Å². The molecule has 2 heterocycles. The smallest absolute Gasteiger partial charge is 0.232 e. The Balaban J connectivity index is 1.47. The lowest BCUT2D eigenvalue weighted by Crippen LogP contribution is -2.47. The maximum absolute atomic E-state index is 13.5. The van der Waals surface area contributed by atoms with Gasteiger partial charge in [-0.2, -0.15) is 0 Å². The number of imidazole rings is 1.